The van der Waals surface area contributed by atoms with E-state index in [1.165, 1.54) is 6.07 Å². The minimum atomic E-state index is -0.390. The molecule has 0 bridgehead atoms. The van der Waals surface area contributed by atoms with Gasteiger partial charge < -0.3 is 4.42 Å². The first-order valence-corrected chi connectivity index (χ1v) is 6.58. The Morgan fingerprint density at radius 2 is 2.05 bits per heavy atom. The summed E-state index contributed by atoms with van der Waals surface area (Å²) in [5, 5.41) is 11.9. The first-order valence-electron chi connectivity index (χ1n) is 6.58. The fourth-order valence-electron chi connectivity index (χ4n) is 2.40. The molecule has 4 heteroatoms. The zero-order valence-corrected chi connectivity index (χ0v) is 11.4. The number of non-ortho nitro benzene ring substituents is 1. The summed E-state index contributed by atoms with van der Waals surface area (Å²) < 4.78 is 5.54. The molecule has 0 aliphatic rings. The van der Waals surface area contributed by atoms with Gasteiger partial charge >= 0.3 is 0 Å². The molecule has 0 fully saturated rings. The lowest BCUT2D eigenvalue weighted by atomic mass is 10.00. The third-order valence-corrected chi connectivity index (χ3v) is 3.30. The lowest BCUT2D eigenvalue weighted by molar-refractivity contribution is -0.384. The first kappa shape index (κ1) is 13.1. The standard InChI is InChI=1S/C17H13NO3/c1-2-4-12-9-14-7-8-21-17(14)16(10-12)13-5-3-6-15(11-13)18(19)20/h2-11H,1H3/b4-2+. The molecule has 1 heterocycles. The average Bonchev–Trinajstić information content (AvgIpc) is 2.95. The van der Waals surface area contributed by atoms with Crippen molar-refractivity contribution in [2.75, 3.05) is 0 Å². The number of nitrogens with zero attached hydrogens (tertiary/aromatic N) is 1. The second-order valence-electron chi connectivity index (χ2n) is 4.71. The van der Waals surface area contributed by atoms with E-state index in [0.717, 1.165) is 27.7 Å². The molecule has 4 nitrogen and oxygen atoms in total. The molecule has 3 rings (SSSR count). The molecule has 0 amide bonds. The summed E-state index contributed by atoms with van der Waals surface area (Å²) >= 11 is 0. The van der Waals surface area contributed by atoms with Gasteiger partial charge in [-0.3, -0.25) is 10.1 Å². The number of furan rings is 1. The van der Waals surface area contributed by atoms with Crippen molar-refractivity contribution in [1.29, 1.82) is 0 Å². The van der Waals surface area contributed by atoms with Gasteiger partial charge in [-0.15, -0.1) is 0 Å². The fourth-order valence-corrected chi connectivity index (χ4v) is 2.40. The molecule has 0 aliphatic heterocycles. The molecule has 0 spiro atoms. The Kier molecular flexibility index (Phi) is 3.28. The number of hydrogen-bond donors (Lipinski definition) is 0. The third kappa shape index (κ3) is 2.43. The molecule has 104 valence electrons. The highest BCUT2D eigenvalue weighted by molar-refractivity contribution is 5.94. The Morgan fingerprint density at radius 3 is 2.81 bits per heavy atom. The van der Waals surface area contributed by atoms with E-state index in [1.807, 2.05) is 43.3 Å². The van der Waals surface area contributed by atoms with Crippen LogP contribution >= 0.6 is 0 Å². The lowest BCUT2D eigenvalue weighted by Gasteiger charge is -2.05. The lowest BCUT2D eigenvalue weighted by Crippen LogP contribution is -1.88. The van der Waals surface area contributed by atoms with Crippen molar-refractivity contribution in [3.8, 4) is 11.1 Å². The second-order valence-corrected chi connectivity index (χ2v) is 4.71. The summed E-state index contributed by atoms with van der Waals surface area (Å²) in [5.41, 5.74) is 3.48. The number of benzene rings is 2. The normalized spacial score (nSPS) is 11.3. The Morgan fingerprint density at radius 1 is 1.19 bits per heavy atom. The summed E-state index contributed by atoms with van der Waals surface area (Å²) in [6.45, 7) is 1.95. The van der Waals surface area contributed by atoms with Crippen LogP contribution in [0.25, 0.3) is 28.2 Å². The number of allylic oxidation sites excluding steroid dienone is 1. The quantitative estimate of drug-likeness (QED) is 0.498. The second kappa shape index (κ2) is 5.25. The SMILES string of the molecule is C/C=C/c1cc(-c2cccc([N+](=O)[O-])c2)c2occc2c1. The van der Waals surface area contributed by atoms with Crippen LogP contribution in [0.4, 0.5) is 5.69 Å². The van der Waals surface area contributed by atoms with Gasteiger partial charge in [0.1, 0.15) is 5.58 Å². The molecule has 21 heavy (non-hydrogen) atoms. The summed E-state index contributed by atoms with van der Waals surface area (Å²) in [7, 11) is 0. The molecule has 0 saturated carbocycles. The number of fused-ring (bicyclic) bond motifs is 1. The van der Waals surface area contributed by atoms with Gasteiger partial charge in [0, 0.05) is 23.1 Å². The van der Waals surface area contributed by atoms with Gasteiger partial charge in [-0.2, -0.15) is 0 Å². The first-order chi connectivity index (χ1) is 10.2. The molecule has 0 unspecified atom stereocenters. The van der Waals surface area contributed by atoms with Crippen LogP contribution in [0.1, 0.15) is 12.5 Å². The highest BCUT2D eigenvalue weighted by Crippen LogP contribution is 2.33. The van der Waals surface area contributed by atoms with Crippen molar-refractivity contribution in [2.24, 2.45) is 0 Å². The predicted molar refractivity (Wildman–Crippen MR) is 83.0 cm³/mol. The molecule has 1 aromatic heterocycles. The maximum atomic E-state index is 10.9. The largest absolute Gasteiger partial charge is 0.464 e. The number of hydrogen-bond acceptors (Lipinski definition) is 3. The fraction of sp³-hybridized carbons (Fsp3) is 0.0588. The Hall–Kier alpha value is -2.88. The topological polar surface area (TPSA) is 56.3 Å². The van der Waals surface area contributed by atoms with Crippen LogP contribution in [-0.4, -0.2) is 4.92 Å². The molecule has 0 atom stereocenters. The van der Waals surface area contributed by atoms with Gasteiger partial charge in [0.15, 0.2) is 0 Å². The zero-order chi connectivity index (χ0) is 14.8. The van der Waals surface area contributed by atoms with E-state index < -0.39 is 4.92 Å². The van der Waals surface area contributed by atoms with Crippen molar-refractivity contribution >= 4 is 22.7 Å². The summed E-state index contributed by atoms with van der Waals surface area (Å²) in [5.74, 6) is 0. The average molecular weight is 279 g/mol. The van der Waals surface area contributed by atoms with E-state index in [-0.39, 0.29) is 5.69 Å². The highest BCUT2D eigenvalue weighted by atomic mass is 16.6. The smallest absolute Gasteiger partial charge is 0.270 e. The third-order valence-electron chi connectivity index (χ3n) is 3.30. The number of nitro benzene ring substituents is 1. The van der Waals surface area contributed by atoms with Gasteiger partial charge in [-0.1, -0.05) is 24.3 Å². The Balaban J connectivity index is 2.25. The Labute approximate surface area is 121 Å². The maximum absolute atomic E-state index is 10.9. The molecule has 0 N–H and O–H groups in total. The van der Waals surface area contributed by atoms with Crippen molar-refractivity contribution in [1.82, 2.24) is 0 Å². The van der Waals surface area contributed by atoms with Gasteiger partial charge in [0.2, 0.25) is 0 Å². The van der Waals surface area contributed by atoms with Crippen LogP contribution in [-0.2, 0) is 0 Å². The van der Waals surface area contributed by atoms with Crippen molar-refractivity contribution < 1.29 is 9.34 Å². The van der Waals surface area contributed by atoms with Gasteiger partial charge in [0.25, 0.3) is 5.69 Å². The van der Waals surface area contributed by atoms with Crippen molar-refractivity contribution in [3.63, 3.8) is 0 Å². The van der Waals surface area contributed by atoms with E-state index in [2.05, 4.69) is 0 Å². The molecular weight excluding hydrogens is 266 g/mol. The van der Waals surface area contributed by atoms with E-state index >= 15 is 0 Å². The van der Waals surface area contributed by atoms with Gasteiger partial charge in [0.05, 0.1) is 11.2 Å². The predicted octanol–water partition coefficient (Wildman–Crippen LogP) is 5.04. The number of rotatable bonds is 3. The molecular formula is C17H13NO3. The van der Waals surface area contributed by atoms with Crippen molar-refractivity contribution in [2.45, 2.75) is 6.92 Å². The van der Waals surface area contributed by atoms with Crippen LogP contribution in [0, 0.1) is 10.1 Å². The van der Waals surface area contributed by atoms with E-state index in [9.17, 15) is 10.1 Å². The monoisotopic (exact) mass is 279 g/mol. The van der Waals surface area contributed by atoms with Crippen LogP contribution in [0.5, 0.6) is 0 Å². The van der Waals surface area contributed by atoms with Crippen LogP contribution in [0.3, 0.4) is 0 Å². The Bertz CT molecular complexity index is 846. The summed E-state index contributed by atoms with van der Waals surface area (Å²) in [4.78, 5) is 10.5. The molecule has 0 saturated heterocycles. The van der Waals surface area contributed by atoms with Crippen LogP contribution in [0.15, 0.2) is 59.2 Å². The summed E-state index contributed by atoms with van der Waals surface area (Å²) in [6.07, 6.45) is 5.58. The molecule has 0 aliphatic carbocycles. The molecule has 2 aromatic carbocycles. The van der Waals surface area contributed by atoms with Gasteiger partial charge in [-0.25, -0.2) is 0 Å². The van der Waals surface area contributed by atoms with E-state index in [1.54, 1.807) is 18.4 Å². The zero-order valence-electron chi connectivity index (χ0n) is 11.4. The van der Waals surface area contributed by atoms with E-state index in [4.69, 9.17) is 4.42 Å². The van der Waals surface area contributed by atoms with Crippen LogP contribution < -0.4 is 0 Å². The number of nitro groups is 1. The van der Waals surface area contributed by atoms with Crippen molar-refractivity contribution in [3.05, 3.63) is 70.5 Å². The minimum absolute atomic E-state index is 0.0728. The van der Waals surface area contributed by atoms with Crippen LogP contribution in [0.2, 0.25) is 0 Å². The maximum Gasteiger partial charge on any atom is 0.270 e. The van der Waals surface area contributed by atoms with E-state index in [0.29, 0.717) is 0 Å². The molecule has 0 radical (unpaired) electrons. The molecule has 3 aromatic rings. The minimum Gasteiger partial charge on any atom is -0.464 e. The van der Waals surface area contributed by atoms with Gasteiger partial charge in [-0.05, 0) is 36.2 Å². The summed E-state index contributed by atoms with van der Waals surface area (Å²) in [6, 6.07) is 12.5. The highest BCUT2D eigenvalue weighted by Gasteiger charge is 2.12.